The Bertz CT molecular complexity index is 222. The van der Waals surface area contributed by atoms with Crippen molar-refractivity contribution in [3.05, 3.63) is 0 Å². The Balaban J connectivity index is -0.0000000533. The van der Waals surface area contributed by atoms with Gasteiger partial charge in [-0.05, 0) is 0 Å². The maximum Gasteiger partial charge on any atom is 4.00 e. The molecule has 0 fully saturated rings. The van der Waals surface area contributed by atoms with E-state index in [1.54, 1.807) is 0 Å². The van der Waals surface area contributed by atoms with Gasteiger partial charge in [-0.1, -0.05) is 0 Å². The average Bonchev–Trinajstić information content (AvgIpc) is 2.40. The van der Waals surface area contributed by atoms with Crippen LogP contribution >= 0.6 is 0 Å². The predicted octanol–water partition coefficient (Wildman–Crippen LogP) is -9.09. The first kappa shape index (κ1) is 32.2. The molecule has 0 radical (unpaired) electrons. The Labute approximate surface area is 151 Å². The summed E-state index contributed by atoms with van der Waals surface area (Å²) in [6.07, 6.45) is 0. The molecule has 0 heterocycles. The monoisotopic (exact) mass is 440 g/mol. The van der Waals surface area contributed by atoms with Gasteiger partial charge in [0.1, 0.15) is 0 Å². The number of rotatable bonds is 4. The van der Waals surface area contributed by atoms with Crippen LogP contribution in [0, 0.1) is 41.7 Å². The molecule has 12 nitrogen and oxygen atoms in total. The van der Waals surface area contributed by atoms with Gasteiger partial charge in [-0.15, -0.1) is 0 Å². The van der Waals surface area contributed by atoms with Gasteiger partial charge in [0.05, 0.1) is 50.3 Å². The number of carbonyl (C=O) groups excluding carboxylic acids is 4. The van der Waals surface area contributed by atoms with Crippen molar-refractivity contribution in [3.8, 4) is 0 Å². The normalized spacial score (nSPS) is 7.05. The van der Waals surface area contributed by atoms with Crippen LogP contribution in [0.1, 0.15) is 0 Å². The molecule has 120 valence electrons. The Hall–Kier alpha value is -0.903. The van der Waals surface area contributed by atoms with E-state index < -0.39 is 50.3 Å². The zero-order valence-electron chi connectivity index (χ0n) is 10.4. The predicted molar refractivity (Wildman–Crippen MR) is 48.4 cm³/mol. The molecule has 0 aromatic heterocycles. The number of hydrogen-bond donors (Lipinski definition) is 4. The minimum absolute atomic E-state index is 0. The molecule has 4 N–H and O–H groups in total. The molecule has 0 aliphatic rings. The molecule has 0 bridgehead atoms. The average molecular weight is 440 g/mol. The summed E-state index contributed by atoms with van der Waals surface area (Å²) in [4.78, 5) is 36.0. The third kappa shape index (κ3) is 111. The summed E-state index contributed by atoms with van der Waals surface area (Å²) >= 11 is 0. The molecule has 0 aliphatic heterocycles. The van der Waals surface area contributed by atoms with Crippen LogP contribution in [0.3, 0.4) is 0 Å². The maximum atomic E-state index is 9.01. The Morgan fingerprint density at radius 2 is 0.571 bits per heavy atom. The molecule has 0 spiro atoms. The van der Waals surface area contributed by atoms with Gasteiger partial charge >= 0.3 is 41.7 Å². The van der Waals surface area contributed by atoms with Gasteiger partial charge in [0.2, 0.25) is 0 Å². The fourth-order valence-corrected chi connectivity index (χ4v) is 0. The van der Waals surface area contributed by atoms with Crippen molar-refractivity contribution in [1.29, 1.82) is 0 Å². The van der Waals surface area contributed by atoms with Crippen LogP contribution in [-0.2, 0) is 19.2 Å². The van der Waals surface area contributed by atoms with Crippen LogP contribution in [0.4, 0.5) is 0 Å². The van der Waals surface area contributed by atoms with Gasteiger partial charge < -0.3 is 60.0 Å². The number of carboxylic acid groups (broad SMARTS) is 4. The van der Waals surface area contributed by atoms with E-state index in [0.29, 0.717) is 0 Å². The minimum Gasteiger partial charge on any atom is -0.548 e. The van der Waals surface area contributed by atoms with Crippen LogP contribution in [0.5, 0.6) is 0 Å². The number of aliphatic hydroxyl groups excluding tert-OH is 4. The van der Waals surface area contributed by atoms with E-state index in [4.69, 9.17) is 60.0 Å². The topological polar surface area (TPSA) is 241 Å². The van der Waals surface area contributed by atoms with E-state index in [0.717, 1.165) is 0 Å². The summed E-state index contributed by atoms with van der Waals surface area (Å²) in [6.45, 7) is -3.56. The standard InChI is InChI=1S/4C2H4O3.Ce/c4*3-1-2(4)5;/h4*3H,1H2,(H,4,5);/q;;;;+4/p-4. The largest absolute Gasteiger partial charge is 4.00 e. The number of aliphatic hydroxyl groups is 4. The number of hydrogen-bond acceptors (Lipinski definition) is 12. The molecule has 0 saturated carbocycles. The Morgan fingerprint density at radius 3 is 0.571 bits per heavy atom. The molecule has 0 atom stereocenters. The van der Waals surface area contributed by atoms with Crippen molar-refractivity contribution in [2.24, 2.45) is 0 Å². The van der Waals surface area contributed by atoms with Gasteiger partial charge in [-0.3, -0.25) is 0 Å². The zero-order chi connectivity index (χ0) is 17.1. The quantitative estimate of drug-likeness (QED) is 0.318. The van der Waals surface area contributed by atoms with Crippen molar-refractivity contribution in [2.75, 3.05) is 26.4 Å². The first-order valence-corrected chi connectivity index (χ1v) is 4.31. The molecule has 0 unspecified atom stereocenters. The molecular formula is C8H12CeO12. The molecule has 21 heavy (non-hydrogen) atoms. The minimum atomic E-state index is -1.44. The Morgan fingerprint density at radius 1 is 0.524 bits per heavy atom. The van der Waals surface area contributed by atoms with E-state index in [9.17, 15) is 0 Å². The van der Waals surface area contributed by atoms with E-state index in [1.165, 1.54) is 0 Å². The van der Waals surface area contributed by atoms with Crippen LogP contribution in [0.2, 0.25) is 0 Å². The van der Waals surface area contributed by atoms with Crippen LogP contribution in [0.15, 0.2) is 0 Å². The fraction of sp³-hybridized carbons (Fsp3) is 0.500. The molecular weight excluding hydrogens is 428 g/mol. The maximum absolute atomic E-state index is 9.01. The van der Waals surface area contributed by atoms with Crippen LogP contribution in [0.25, 0.3) is 0 Å². The SMILES string of the molecule is O=C([O-])CO.O=C([O-])CO.O=C([O-])CO.O=C([O-])CO.[Ce+4]. The molecule has 0 saturated heterocycles. The van der Waals surface area contributed by atoms with Crippen molar-refractivity contribution < 1.29 is 102 Å². The summed E-state index contributed by atoms with van der Waals surface area (Å²) < 4.78 is 0. The second-order valence-corrected chi connectivity index (χ2v) is 2.12. The van der Waals surface area contributed by atoms with Gasteiger partial charge in [0, 0.05) is 0 Å². The van der Waals surface area contributed by atoms with Gasteiger partial charge in [0.15, 0.2) is 0 Å². The molecule has 0 aliphatic carbocycles. The van der Waals surface area contributed by atoms with E-state index in [1.807, 2.05) is 0 Å². The Kier molecular flexibility index (Phi) is 42.0. The van der Waals surface area contributed by atoms with E-state index >= 15 is 0 Å². The second-order valence-electron chi connectivity index (χ2n) is 2.12. The van der Waals surface area contributed by atoms with E-state index in [-0.39, 0.29) is 41.7 Å². The third-order valence-electron chi connectivity index (χ3n) is 0.516. The summed E-state index contributed by atoms with van der Waals surface area (Å²) in [5.41, 5.74) is 0. The third-order valence-corrected chi connectivity index (χ3v) is 0.516. The summed E-state index contributed by atoms with van der Waals surface area (Å²) in [7, 11) is 0. The first-order valence-electron chi connectivity index (χ1n) is 4.31. The van der Waals surface area contributed by atoms with Crippen LogP contribution < -0.4 is 20.4 Å². The van der Waals surface area contributed by atoms with Gasteiger partial charge in [-0.25, -0.2) is 0 Å². The number of aliphatic carboxylic acids is 4. The summed E-state index contributed by atoms with van der Waals surface area (Å²) in [5, 5.41) is 66.0. The molecule has 0 aromatic rings. The van der Waals surface area contributed by atoms with Gasteiger partial charge in [-0.2, -0.15) is 0 Å². The summed E-state index contributed by atoms with van der Waals surface area (Å²) in [5.74, 6) is -5.76. The fourth-order valence-electron chi connectivity index (χ4n) is 0. The summed E-state index contributed by atoms with van der Waals surface area (Å²) in [6, 6.07) is 0. The second kappa shape index (κ2) is 27.4. The van der Waals surface area contributed by atoms with Crippen molar-refractivity contribution in [1.82, 2.24) is 0 Å². The zero-order valence-corrected chi connectivity index (χ0v) is 13.5. The van der Waals surface area contributed by atoms with E-state index in [2.05, 4.69) is 0 Å². The smallest absolute Gasteiger partial charge is 0.548 e. The van der Waals surface area contributed by atoms with Crippen LogP contribution in [-0.4, -0.2) is 70.7 Å². The van der Waals surface area contributed by atoms with Crippen molar-refractivity contribution >= 4 is 23.9 Å². The first-order chi connectivity index (χ1) is 9.08. The molecule has 13 heteroatoms. The number of carboxylic acids is 4. The van der Waals surface area contributed by atoms with Crippen molar-refractivity contribution in [2.45, 2.75) is 0 Å². The molecule has 0 rings (SSSR count). The van der Waals surface area contributed by atoms with Crippen molar-refractivity contribution in [3.63, 3.8) is 0 Å². The molecule has 0 amide bonds. The number of carbonyl (C=O) groups is 4. The molecule has 0 aromatic carbocycles. The van der Waals surface area contributed by atoms with Gasteiger partial charge in [0.25, 0.3) is 0 Å².